The molecule has 1 heterocycles. The van der Waals surface area contributed by atoms with Crippen molar-refractivity contribution in [2.75, 3.05) is 11.9 Å². The Morgan fingerprint density at radius 2 is 1.57 bits per heavy atom. The van der Waals surface area contributed by atoms with Gasteiger partial charge in [0, 0.05) is 10.9 Å². The minimum atomic E-state index is -0.474. The smallest absolute Gasteiger partial charge is 0.340 e. The first-order valence-corrected chi connectivity index (χ1v) is 9.70. The second-order valence-corrected chi connectivity index (χ2v) is 6.66. The molecule has 4 aromatic rings. The van der Waals surface area contributed by atoms with Crippen molar-refractivity contribution < 1.29 is 14.3 Å². The van der Waals surface area contributed by atoms with E-state index in [2.05, 4.69) is 5.32 Å². The number of esters is 1. The van der Waals surface area contributed by atoms with Crippen LogP contribution in [0.1, 0.15) is 27.6 Å². The molecule has 0 spiro atoms. The topological polar surface area (TPSA) is 68.3 Å². The molecule has 5 nitrogen and oxygen atoms in total. The predicted molar refractivity (Wildman–Crippen MR) is 118 cm³/mol. The minimum Gasteiger partial charge on any atom is -0.462 e. The van der Waals surface area contributed by atoms with Crippen LogP contribution in [0.2, 0.25) is 0 Å². The lowest BCUT2D eigenvalue weighted by Gasteiger charge is -2.13. The van der Waals surface area contributed by atoms with Crippen LogP contribution in [0.3, 0.4) is 0 Å². The number of carbonyl (C=O) groups excluding carboxylic acids is 2. The van der Waals surface area contributed by atoms with Gasteiger partial charge in [-0.15, -0.1) is 0 Å². The van der Waals surface area contributed by atoms with E-state index >= 15 is 0 Å². The molecule has 1 amide bonds. The molecule has 0 aliphatic carbocycles. The van der Waals surface area contributed by atoms with Crippen molar-refractivity contribution in [3.8, 4) is 11.3 Å². The number of benzene rings is 3. The Morgan fingerprint density at radius 1 is 0.867 bits per heavy atom. The summed E-state index contributed by atoms with van der Waals surface area (Å²) in [6.45, 7) is 2.00. The molecule has 1 aromatic heterocycles. The second kappa shape index (κ2) is 8.57. The number of rotatable bonds is 5. The van der Waals surface area contributed by atoms with Gasteiger partial charge in [-0.2, -0.15) is 0 Å². The maximum absolute atomic E-state index is 13.3. The lowest BCUT2D eigenvalue weighted by atomic mass is 10.0. The lowest BCUT2D eigenvalue weighted by molar-refractivity contribution is 0.0527. The number of nitrogens with one attached hydrogen (secondary N) is 1. The van der Waals surface area contributed by atoms with Crippen molar-refractivity contribution in [1.29, 1.82) is 0 Å². The molecule has 0 atom stereocenters. The van der Waals surface area contributed by atoms with Crippen LogP contribution in [0.4, 0.5) is 5.69 Å². The monoisotopic (exact) mass is 396 g/mol. The van der Waals surface area contributed by atoms with Gasteiger partial charge in [-0.05, 0) is 31.2 Å². The SMILES string of the molecule is CCOC(=O)c1ccccc1NC(=O)c1cc(-c2ccccc2)nc2ccccc12. The van der Waals surface area contributed by atoms with Gasteiger partial charge in [0.2, 0.25) is 0 Å². The van der Waals surface area contributed by atoms with Gasteiger partial charge in [-0.25, -0.2) is 9.78 Å². The van der Waals surface area contributed by atoms with Crippen molar-refractivity contribution in [2.45, 2.75) is 6.92 Å². The summed E-state index contributed by atoms with van der Waals surface area (Å²) in [5, 5.41) is 3.61. The fourth-order valence-corrected chi connectivity index (χ4v) is 3.29. The number of nitrogens with zero attached hydrogens (tertiary/aromatic N) is 1. The maximum atomic E-state index is 13.3. The van der Waals surface area contributed by atoms with Crippen LogP contribution < -0.4 is 5.32 Å². The summed E-state index contributed by atoms with van der Waals surface area (Å²) in [5.41, 5.74) is 3.56. The number of ether oxygens (including phenoxy) is 1. The summed E-state index contributed by atoms with van der Waals surface area (Å²) in [6.07, 6.45) is 0. The molecule has 4 rings (SSSR count). The number of anilines is 1. The normalized spacial score (nSPS) is 10.6. The van der Waals surface area contributed by atoms with E-state index in [1.54, 1.807) is 37.3 Å². The van der Waals surface area contributed by atoms with Crippen LogP contribution in [-0.2, 0) is 4.74 Å². The average Bonchev–Trinajstić information content (AvgIpc) is 2.79. The first kappa shape index (κ1) is 19.3. The fourth-order valence-electron chi connectivity index (χ4n) is 3.29. The van der Waals surface area contributed by atoms with Gasteiger partial charge in [0.15, 0.2) is 0 Å². The molecular formula is C25H20N2O3. The van der Waals surface area contributed by atoms with Crippen molar-refractivity contribution in [3.63, 3.8) is 0 Å². The van der Waals surface area contributed by atoms with Gasteiger partial charge < -0.3 is 10.1 Å². The highest BCUT2D eigenvalue weighted by Gasteiger charge is 2.18. The van der Waals surface area contributed by atoms with Crippen molar-refractivity contribution in [1.82, 2.24) is 4.98 Å². The Labute approximate surface area is 174 Å². The van der Waals surface area contributed by atoms with Crippen LogP contribution in [0, 0.1) is 0 Å². The molecule has 30 heavy (non-hydrogen) atoms. The number of carbonyl (C=O) groups is 2. The highest BCUT2D eigenvalue weighted by molar-refractivity contribution is 6.14. The van der Waals surface area contributed by atoms with Gasteiger partial charge in [-0.3, -0.25) is 4.79 Å². The molecule has 0 fully saturated rings. The standard InChI is InChI=1S/C25H20N2O3/c1-2-30-25(29)19-13-7-9-15-22(19)27-24(28)20-16-23(17-10-4-3-5-11-17)26-21-14-8-6-12-18(20)21/h3-16H,2H2,1H3,(H,27,28). The highest BCUT2D eigenvalue weighted by Crippen LogP contribution is 2.26. The number of aromatic nitrogens is 1. The molecule has 0 radical (unpaired) electrons. The highest BCUT2D eigenvalue weighted by atomic mass is 16.5. The van der Waals surface area contributed by atoms with Crippen LogP contribution in [0.5, 0.6) is 0 Å². The largest absolute Gasteiger partial charge is 0.462 e. The quantitative estimate of drug-likeness (QED) is 0.463. The summed E-state index contributed by atoms with van der Waals surface area (Å²) >= 11 is 0. The molecule has 0 bridgehead atoms. The van der Waals surface area contributed by atoms with E-state index in [1.165, 1.54) is 0 Å². The number of hydrogen-bond donors (Lipinski definition) is 1. The first-order chi connectivity index (χ1) is 14.7. The van der Waals surface area contributed by atoms with Crippen LogP contribution in [0.25, 0.3) is 22.2 Å². The average molecular weight is 396 g/mol. The van der Waals surface area contributed by atoms with Crippen LogP contribution in [-0.4, -0.2) is 23.5 Å². The van der Waals surface area contributed by atoms with Crippen LogP contribution >= 0.6 is 0 Å². The second-order valence-electron chi connectivity index (χ2n) is 6.66. The zero-order valence-corrected chi connectivity index (χ0v) is 16.5. The third kappa shape index (κ3) is 3.91. The summed E-state index contributed by atoms with van der Waals surface area (Å²) in [4.78, 5) is 30.2. The Balaban J connectivity index is 1.77. The predicted octanol–water partition coefficient (Wildman–Crippen LogP) is 5.33. The molecule has 0 aliphatic heterocycles. The summed E-state index contributed by atoms with van der Waals surface area (Å²) in [7, 11) is 0. The Hall–Kier alpha value is -3.99. The van der Waals surface area contributed by atoms with Gasteiger partial charge >= 0.3 is 5.97 Å². The number of fused-ring (bicyclic) bond motifs is 1. The summed E-state index contributed by atoms with van der Waals surface area (Å²) < 4.78 is 5.10. The number of amides is 1. The molecule has 0 saturated heterocycles. The Bertz CT molecular complexity index is 1220. The van der Waals surface area contributed by atoms with E-state index in [4.69, 9.17) is 9.72 Å². The molecule has 0 saturated carbocycles. The molecule has 148 valence electrons. The van der Waals surface area contributed by atoms with E-state index in [1.807, 2.05) is 54.6 Å². The molecule has 0 unspecified atom stereocenters. The van der Waals surface area contributed by atoms with Crippen LogP contribution in [0.15, 0.2) is 84.9 Å². The molecule has 1 N–H and O–H groups in total. The number of para-hydroxylation sites is 2. The van der Waals surface area contributed by atoms with Gasteiger partial charge in [-0.1, -0.05) is 60.7 Å². The number of hydrogen-bond acceptors (Lipinski definition) is 4. The van der Waals surface area contributed by atoms with E-state index in [-0.39, 0.29) is 12.5 Å². The van der Waals surface area contributed by atoms with E-state index < -0.39 is 5.97 Å². The van der Waals surface area contributed by atoms with Crippen molar-refractivity contribution in [3.05, 3.63) is 96.1 Å². The lowest BCUT2D eigenvalue weighted by Crippen LogP contribution is -2.16. The fraction of sp³-hybridized carbons (Fsp3) is 0.0800. The summed E-state index contributed by atoms with van der Waals surface area (Å²) in [5.74, 6) is -0.791. The first-order valence-electron chi connectivity index (χ1n) is 9.70. The number of pyridine rings is 1. The Kier molecular flexibility index (Phi) is 5.52. The summed E-state index contributed by atoms with van der Waals surface area (Å²) in [6, 6.07) is 25.8. The third-order valence-electron chi connectivity index (χ3n) is 4.70. The van der Waals surface area contributed by atoms with E-state index in [9.17, 15) is 9.59 Å². The molecular weight excluding hydrogens is 376 g/mol. The van der Waals surface area contributed by atoms with Gasteiger partial charge in [0.25, 0.3) is 5.91 Å². The van der Waals surface area contributed by atoms with Crippen molar-refractivity contribution >= 4 is 28.5 Å². The molecule has 0 aliphatic rings. The zero-order valence-electron chi connectivity index (χ0n) is 16.5. The van der Waals surface area contributed by atoms with E-state index in [0.717, 1.165) is 16.5 Å². The third-order valence-corrected chi connectivity index (χ3v) is 4.70. The molecule has 3 aromatic carbocycles. The van der Waals surface area contributed by atoms with Crippen molar-refractivity contribution in [2.24, 2.45) is 0 Å². The van der Waals surface area contributed by atoms with E-state index in [0.29, 0.717) is 22.5 Å². The van der Waals surface area contributed by atoms with Gasteiger partial charge in [0.05, 0.1) is 34.6 Å². The maximum Gasteiger partial charge on any atom is 0.340 e. The van der Waals surface area contributed by atoms with Gasteiger partial charge in [0.1, 0.15) is 0 Å². The molecule has 5 heteroatoms. The minimum absolute atomic E-state index is 0.260. The zero-order chi connectivity index (χ0) is 20.9. The Morgan fingerprint density at radius 3 is 2.37 bits per heavy atom.